The van der Waals surface area contributed by atoms with E-state index in [-0.39, 0.29) is 5.66 Å². The van der Waals surface area contributed by atoms with Gasteiger partial charge in [0.25, 0.3) is 0 Å². The molecule has 0 saturated carbocycles. The third-order valence-corrected chi connectivity index (χ3v) is 4.52. The summed E-state index contributed by atoms with van der Waals surface area (Å²) in [5.41, 5.74) is 3.00. The summed E-state index contributed by atoms with van der Waals surface area (Å²) in [6, 6.07) is 31.1. The molecule has 1 aliphatic heterocycles. The predicted molar refractivity (Wildman–Crippen MR) is 105 cm³/mol. The van der Waals surface area contributed by atoms with Crippen molar-refractivity contribution in [3.05, 3.63) is 96.6 Å². The summed E-state index contributed by atoms with van der Waals surface area (Å²) in [5, 5.41) is 7.11. The van der Waals surface area contributed by atoms with Gasteiger partial charge in [0.15, 0.2) is 5.84 Å². The average molecular weight is 327 g/mol. The Morgan fingerprint density at radius 3 is 1.68 bits per heavy atom. The highest BCUT2D eigenvalue weighted by Crippen LogP contribution is 2.37. The molecule has 3 aromatic rings. The van der Waals surface area contributed by atoms with Crippen LogP contribution in [0.5, 0.6) is 0 Å². The summed E-state index contributed by atoms with van der Waals surface area (Å²) in [4.78, 5) is 2.30. The van der Waals surface area contributed by atoms with Crippen molar-refractivity contribution < 1.29 is 0 Å². The third-order valence-electron chi connectivity index (χ3n) is 4.52. The molecule has 0 radical (unpaired) electrons. The smallest absolute Gasteiger partial charge is 0.162 e. The highest BCUT2D eigenvalue weighted by atomic mass is 15.6. The van der Waals surface area contributed by atoms with Crippen LogP contribution in [0.4, 0.5) is 11.4 Å². The lowest BCUT2D eigenvalue weighted by Crippen LogP contribution is -2.51. The zero-order valence-electron chi connectivity index (χ0n) is 14.5. The topological polar surface area (TPSA) is 18.8 Å². The number of nitrogens with zero attached hydrogens (tertiary/aromatic N) is 3. The Hall–Kier alpha value is -3.07. The summed E-state index contributed by atoms with van der Waals surface area (Å²) in [5.74, 6) is 0.959. The summed E-state index contributed by atoms with van der Waals surface area (Å²) in [7, 11) is 0. The van der Waals surface area contributed by atoms with Gasteiger partial charge in [-0.15, -0.1) is 0 Å². The minimum atomic E-state index is -0.326. The van der Waals surface area contributed by atoms with E-state index in [9.17, 15) is 0 Å². The van der Waals surface area contributed by atoms with Gasteiger partial charge in [0, 0.05) is 11.3 Å². The average Bonchev–Trinajstić information content (AvgIpc) is 2.95. The number of hydrazone groups is 1. The molecule has 124 valence electrons. The number of benzene rings is 3. The zero-order chi connectivity index (χ0) is 17.3. The first-order valence-electron chi connectivity index (χ1n) is 8.52. The molecular weight excluding hydrogens is 306 g/mol. The first kappa shape index (κ1) is 15.5. The first-order chi connectivity index (χ1) is 12.2. The highest BCUT2D eigenvalue weighted by molar-refractivity contribution is 6.13. The molecule has 0 N–H and O–H groups in total. The van der Waals surface area contributed by atoms with E-state index in [0.717, 1.165) is 22.8 Å². The number of hydrogen-bond donors (Lipinski definition) is 0. The predicted octanol–water partition coefficient (Wildman–Crippen LogP) is 5.11. The van der Waals surface area contributed by atoms with E-state index in [1.54, 1.807) is 0 Å². The Morgan fingerprint density at radius 2 is 1.12 bits per heavy atom. The van der Waals surface area contributed by atoms with Gasteiger partial charge < -0.3 is 0 Å². The molecule has 0 aliphatic carbocycles. The molecule has 0 saturated heterocycles. The van der Waals surface area contributed by atoms with E-state index in [4.69, 9.17) is 5.10 Å². The number of para-hydroxylation sites is 2. The zero-order valence-corrected chi connectivity index (χ0v) is 14.5. The van der Waals surface area contributed by atoms with Crippen molar-refractivity contribution in [2.24, 2.45) is 5.10 Å². The summed E-state index contributed by atoms with van der Waals surface area (Å²) in [6.45, 7) is 4.40. The van der Waals surface area contributed by atoms with Crippen LogP contribution < -0.4 is 9.91 Å². The maximum absolute atomic E-state index is 5.02. The Balaban J connectivity index is 1.88. The van der Waals surface area contributed by atoms with Crippen molar-refractivity contribution in [3.63, 3.8) is 0 Å². The van der Waals surface area contributed by atoms with Gasteiger partial charge in [-0.2, -0.15) is 5.10 Å². The van der Waals surface area contributed by atoms with Crippen LogP contribution in [0.1, 0.15) is 19.4 Å². The van der Waals surface area contributed by atoms with Crippen LogP contribution in [0.15, 0.2) is 96.1 Å². The number of amidine groups is 1. The molecule has 1 heterocycles. The van der Waals surface area contributed by atoms with Crippen LogP contribution in [-0.4, -0.2) is 11.5 Å². The van der Waals surface area contributed by atoms with Gasteiger partial charge in [0.05, 0.1) is 5.69 Å². The van der Waals surface area contributed by atoms with E-state index in [1.807, 2.05) is 30.3 Å². The molecular formula is C22H21N3. The molecule has 3 nitrogen and oxygen atoms in total. The van der Waals surface area contributed by atoms with Gasteiger partial charge in [0.1, 0.15) is 5.66 Å². The van der Waals surface area contributed by atoms with Crippen molar-refractivity contribution in [2.45, 2.75) is 19.5 Å². The second-order valence-corrected chi connectivity index (χ2v) is 6.60. The summed E-state index contributed by atoms with van der Waals surface area (Å²) >= 11 is 0. The monoisotopic (exact) mass is 327 g/mol. The lowest BCUT2D eigenvalue weighted by Gasteiger charge is -2.39. The minimum absolute atomic E-state index is 0.326. The second kappa shape index (κ2) is 6.10. The van der Waals surface area contributed by atoms with Crippen LogP contribution in [0.2, 0.25) is 0 Å². The first-order valence-corrected chi connectivity index (χ1v) is 8.52. The molecule has 0 fully saturated rings. The summed E-state index contributed by atoms with van der Waals surface area (Å²) < 4.78 is 0. The maximum atomic E-state index is 5.02. The molecule has 3 aromatic carbocycles. The number of anilines is 2. The maximum Gasteiger partial charge on any atom is 0.162 e. The fourth-order valence-corrected chi connectivity index (χ4v) is 3.35. The van der Waals surface area contributed by atoms with Gasteiger partial charge in [-0.1, -0.05) is 66.7 Å². The molecule has 0 spiro atoms. The lowest BCUT2D eigenvalue weighted by atomic mass is 10.1. The van der Waals surface area contributed by atoms with Gasteiger partial charge in [0.2, 0.25) is 0 Å². The van der Waals surface area contributed by atoms with Crippen LogP contribution >= 0.6 is 0 Å². The van der Waals surface area contributed by atoms with E-state index in [0.29, 0.717) is 0 Å². The van der Waals surface area contributed by atoms with Crippen LogP contribution in [-0.2, 0) is 0 Å². The largest absolute Gasteiger partial charge is 0.299 e. The number of rotatable bonds is 3. The molecule has 4 rings (SSSR count). The van der Waals surface area contributed by atoms with Crippen molar-refractivity contribution in [1.82, 2.24) is 0 Å². The molecule has 0 unspecified atom stereocenters. The molecule has 1 aliphatic rings. The molecule has 25 heavy (non-hydrogen) atoms. The van der Waals surface area contributed by atoms with Crippen molar-refractivity contribution in [2.75, 3.05) is 9.91 Å². The minimum Gasteiger partial charge on any atom is -0.299 e. The van der Waals surface area contributed by atoms with Gasteiger partial charge in [-0.25, -0.2) is 5.01 Å². The van der Waals surface area contributed by atoms with E-state index < -0.39 is 0 Å². The normalized spacial score (nSPS) is 16.0. The van der Waals surface area contributed by atoms with Gasteiger partial charge in [-0.05, 0) is 38.1 Å². The quantitative estimate of drug-likeness (QED) is 0.665. The SMILES string of the molecule is CC1(C)N(c2ccccc2)N=C(c2ccccc2)N1c1ccccc1. The highest BCUT2D eigenvalue weighted by Gasteiger charge is 2.43. The Kier molecular flexibility index (Phi) is 3.77. The Labute approximate surface area is 148 Å². The number of hydrogen-bond acceptors (Lipinski definition) is 3. The van der Waals surface area contributed by atoms with E-state index in [1.165, 1.54) is 0 Å². The molecule has 0 atom stereocenters. The van der Waals surface area contributed by atoms with Crippen LogP contribution in [0.3, 0.4) is 0 Å². The molecule has 0 aromatic heterocycles. The van der Waals surface area contributed by atoms with Crippen molar-refractivity contribution >= 4 is 17.2 Å². The molecule has 3 heteroatoms. The Bertz CT molecular complexity index is 871. The molecule has 0 amide bonds. The second-order valence-electron chi connectivity index (χ2n) is 6.60. The van der Waals surface area contributed by atoms with E-state index >= 15 is 0 Å². The lowest BCUT2D eigenvalue weighted by molar-refractivity contribution is 0.514. The Morgan fingerprint density at radius 1 is 0.640 bits per heavy atom. The standard InChI is InChI=1S/C22H21N3/c1-22(2)24(19-14-8-4-9-15-19)21(18-12-6-3-7-13-18)23-25(22)20-16-10-5-11-17-20/h3-17H,1-2H3. The fraction of sp³-hybridized carbons (Fsp3) is 0.136. The fourth-order valence-electron chi connectivity index (χ4n) is 3.35. The van der Waals surface area contributed by atoms with Gasteiger partial charge >= 0.3 is 0 Å². The van der Waals surface area contributed by atoms with Gasteiger partial charge in [-0.3, -0.25) is 4.90 Å². The third kappa shape index (κ3) is 2.68. The molecule has 0 bridgehead atoms. The van der Waals surface area contributed by atoms with E-state index in [2.05, 4.69) is 84.4 Å². The van der Waals surface area contributed by atoms with Crippen LogP contribution in [0, 0.1) is 0 Å². The van der Waals surface area contributed by atoms with Crippen molar-refractivity contribution in [3.8, 4) is 0 Å². The van der Waals surface area contributed by atoms with Crippen molar-refractivity contribution in [1.29, 1.82) is 0 Å². The summed E-state index contributed by atoms with van der Waals surface area (Å²) in [6.07, 6.45) is 0. The van der Waals surface area contributed by atoms with Crippen LogP contribution in [0.25, 0.3) is 0 Å².